The Labute approximate surface area is 111 Å². The number of hydrogen-bond acceptors (Lipinski definition) is 3. The van der Waals surface area contributed by atoms with Crippen LogP contribution in [0.2, 0.25) is 0 Å². The molecule has 3 rings (SSSR count). The summed E-state index contributed by atoms with van der Waals surface area (Å²) in [5, 5.41) is 3.62. The summed E-state index contributed by atoms with van der Waals surface area (Å²) < 4.78 is 0. The number of nitrogens with zero attached hydrogens (tertiary/aromatic N) is 1. The first kappa shape index (κ1) is 11.8. The Hall–Kier alpha value is -1.26. The molecule has 2 N–H and O–H groups in total. The summed E-state index contributed by atoms with van der Waals surface area (Å²) >= 11 is 1.96. The molecule has 4 heteroatoms. The molecule has 18 heavy (non-hydrogen) atoms. The lowest BCUT2D eigenvalue weighted by Crippen LogP contribution is -2.24. The van der Waals surface area contributed by atoms with E-state index in [1.54, 1.807) is 0 Å². The van der Waals surface area contributed by atoms with Gasteiger partial charge in [0.05, 0.1) is 0 Å². The third kappa shape index (κ3) is 2.44. The molecule has 1 atom stereocenters. The number of aromatic nitrogens is 2. The zero-order valence-electron chi connectivity index (χ0n) is 10.4. The van der Waals surface area contributed by atoms with E-state index in [1.807, 2.05) is 24.9 Å². The molecule has 0 fully saturated rings. The van der Waals surface area contributed by atoms with Gasteiger partial charge in [-0.3, -0.25) is 0 Å². The van der Waals surface area contributed by atoms with Crippen molar-refractivity contribution < 1.29 is 0 Å². The van der Waals surface area contributed by atoms with Gasteiger partial charge in [0.25, 0.3) is 0 Å². The van der Waals surface area contributed by atoms with Crippen LogP contribution in [0, 0.1) is 6.92 Å². The first-order valence-electron chi connectivity index (χ1n) is 6.28. The first-order valence-corrected chi connectivity index (χ1v) is 7.27. The number of nitrogens with one attached hydrogen (secondary N) is 2. The largest absolute Gasteiger partial charge is 0.345 e. The Morgan fingerprint density at radius 1 is 1.44 bits per heavy atom. The van der Waals surface area contributed by atoms with Gasteiger partial charge in [0.2, 0.25) is 0 Å². The van der Waals surface area contributed by atoms with Crippen LogP contribution >= 0.6 is 11.8 Å². The molecule has 3 nitrogen and oxygen atoms in total. The van der Waals surface area contributed by atoms with E-state index in [-0.39, 0.29) is 0 Å². The number of thioether (sulfide) groups is 1. The zero-order chi connectivity index (χ0) is 12.4. The summed E-state index contributed by atoms with van der Waals surface area (Å²) in [6.07, 6.45) is 3.10. The van der Waals surface area contributed by atoms with Crippen LogP contribution in [0.1, 0.15) is 29.5 Å². The molecule has 1 aliphatic rings. The predicted molar refractivity (Wildman–Crippen MR) is 74.7 cm³/mol. The number of aryl methyl sites for hydroxylation is 1. The van der Waals surface area contributed by atoms with Crippen LogP contribution in [-0.4, -0.2) is 15.7 Å². The number of imidazole rings is 1. The van der Waals surface area contributed by atoms with Crippen molar-refractivity contribution in [2.75, 3.05) is 5.75 Å². The van der Waals surface area contributed by atoms with E-state index in [9.17, 15) is 0 Å². The summed E-state index contributed by atoms with van der Waals surface area (Å²) in [6, 6.07) is 9.16. The molecule has 2 heterocycles. The van der Waals surface area contributed by atoms with Gasteiger partial charge in [-0.2, -0.15) is 0 Å². The molecule has 0 spiro atoms. The fraction of sp³-hybridized carbons (Fsp3) is 0.357. The Morgan fingerprint density at radius 2 is 2.33 bits per heavy atom. The minimum atomic E-state index is 0.464. The van der Waals surface area contributed by atoms with Crippen molar-refractivity contribution in [3.8, 4) is 0 Å². The van der Waals surface area contributed by atoms with Crippen molar-refractivity contribution in [2.45, 2.75) is 30.8 Å². The monoisotopic (exact) mass is 259 g/mol. The minimum absolute atomic E-state index is 0.464. The van der Waals surface area contributed by atoms with Crippen LogP contribution in [0.4, 0.5) is 0 Å². The molecule has 0 aliphatic carbocycles. The van der Waals surface area contributed by atoms with Gasteiger partial charge in [0.1, 0.15) is 5.82 Å². The fourth-order valence-corrected chi connectivity index (χ4v) is 3.47. The van der Waals surface area contributed by atoms with Crippen LogP contribution in [0.3, 0.4) is 0 Å². The molecule has 1 aliphatic heterocycles. The van der Waals surface area contributed by atoms with Crippen LogP contribution in [0.5, 0.6) is 0 Å². The quantitative estimate of drug-likeness (QED) is 0.890. The summed E-state index contributed by atoms with van der Waals surface area (Å²) in [6.45, 7) is 2.83. The highest BCUT2D eigenvalue weighted by Gasteiger charge is 2.19. The number of H-pyrrole nitrogens is 1. The lowest BCUT2D eigenvalue weighted by Gasteiger charge is -2.25. The number of hydrogen-bond donors (Lipinski definition) is 2. The normalized spacial score (nSPS) is 18.6. The van der Waals surface area contributed by atoms with E-state index in [2.05, 4.69) is 39.6 Å². The highest BCUT2D eigenvalue weighted by atomic mass is 32.2. The van der Waals surface area contributed by atoms with Crippen molar-refractivity contribution in [1.29, 1.82) is 0 Å². The van der Waals surface area contributed by atoms with E-state index in [0.717, 1.165) is 18.1 Å². The predicted octanol–water partition coefficient (Wildman–Crippen LogP) is 3.04. The third-order valence-corrected chi connectivity index (χ3v) is 4.38. The van der Waals surface area contributed by atoms with E-state index in [4.69, 9.17) is 0 Å². The Balaban J connectivity index is 1.71. The average molecular weight is 259 g/mol. The Morgan fingerprint density at radius 3 is 3.17 bits per heavy atom. The molecule has 1 unspecified atom stereocenters. The third-order valence-electron chi connectivity index (χ3n) is 3.25. The smallest absolute Gasteiger partial charge is 0.103 e. The van der Waals surface area contributed by atoms with Gasteiger partial charge in [-0.1, -0.05) is 18.2 Å². The zero-order valence-corrected chi connectivity index (χ0v) is 11.3. The molecule has 1 aromatic carbocycles. The number of fused-ring (bicyclic) bond motifs is 1. The van der Waals surface area contributed by atoms with E-state index >= 15 is 0 Å². The molecular weight excluding hydrogens is 242 g/mol. The summed E-state index contributed by atoms with van der Waals surface area (Å²) in [4.78, 5) is 8.90. The van der Waals surface area contributed by atoms with E-state index in [0.29, 0.717) is 6.04 Å². The highest BCUT2D eigenvalue weighted by molar-refractivity contribution is 7.99. The van der Waals surface area contributed by atoms with Crippen molar-refractivity contribution in [3.05, 3.63) is 47.5 Å². The van der Waals surface area contributed by atoms with Crippen molar-refractivity contribution >= 4 is 11.8 Å². The average Bonchev–Trinajstić information content (AvgIpc) is 2.82. The Kier molecular flexibility index (Phi) is 3.39. The second-order valence-corrected chi connectivity index (χ2v) is 5.74. The molecule has 0 saturated carbocycles. The Bertz CT molecular complexity index is 535. The van der Waals surface area contributed by atoms with Crippen LogP contribution in [-0.2, 0) is 6.54 Å². The second kappa shape index (κ2) is 5.16. The maximum absolute atomic E-state index is 4.23. The molecule has 0 bridgehead atoms. The van der Waals surface area contributed by atoms with Gasteiger partial charge in [0.15, 0.2) is 0 Å². The standard InChI is InChI=1S/C14H17N3S/c1-10-15-8-11(17-10)9-16-13-6-7-18-14-5-3-2-4-12(13)14/h2-5,8,13,16H,6-7,9H2,1H3,(H,15,17). The molecule has 2 aromatic rings. The lowest BCUT2D eigenvalue weighted by molar-refractivity contribution is 0.506. The first-order chi connectivity index (χ1) is 8.83. The molecule has 0 amide bonds. The molecule has 94 valence electrons. The van der Waals surface area contributed by atoms with Gasteiger partial charge >= 0.3 is 0 Å². The number of aromatic amines is 1. The van der Waals surface area contributed by atoms with Crippen molar-refractivity contribution in [2.24, 2.45) is 0 Å². The second-order valence-electron chi connectivity index (χ2n) is 4.60. The van der Waals surface area contributed by atoms with Gasteiger partial charge < -0.3 is 10.3 Å². The minimum Gasteiger partial charge on any atom is -0.345 e. The fourth-order valence-electron chi connectivity index (χ4n) is 2.35. The molecule has 1 aromatic heterocycles. The maximum Gasteiger partial charge on any atom is 0.103 e. The van der Waals surface area contributed by atoms with Gasteiger partial charge in [-0.05, 0) is 30.7 Å². The molecule has 0 saturated heterocycles. The number of rotatable bonds is 3. The number of benzene rings is 1. The topological polar surface area (TPSA) is 40.7 Å². The SMILES string of the molecule is Cc1ncc(CNC2CCSc3ccccc32)[nH]1. The van der Waals surface area contributed by atoms with Crippen molar-refractivity contribution in [3.63, 3.8) is 0 Å². The van der Waals surface area contributed by atoms with E-state index < -0.39 is 0 Å². The molecular formula is C14H17N3S. The van der Waals surface area contributed by atoms with Crippen LogP contribution < -0.4 is 5.32 Å². The maximum atomic E-state index is 4.23. The summed E-state index contributed by atoms with van der Waals surface area (Å²) in [5.41, 5.74) is 2.59. The van der Waals surface area contributed by atoms with Crippen LogP contribution in [0.25, 0.3) is 0 Å². The van der Waals surface area contributed by atoms with Gasteiger partial charge in [-0.15, -0.1) is 11.8 Å². The summed E-state index contributed by atoms with van der Waals surface area (Å²) in [7, 11) is 0. The summed E-state index contributed by atoms with van der Waals surface area (Å²) in [5.74, 6) is 2.17. The molecule has 0 radical (unpaired) electrons. The highest BCUT2D eigenvalue weighted by Crippen LogP contribution is 2.35. The van der Waals surface area contributed by atoms with Gasteiger partial charge in [-0.25, -0.2) is 4.98 Å². The lowest BCUT2D eigenvalue weighted by atomic mass is 10.0. The van der Waals surface area contributed by atoms with Gasteiger partial charge in [0, 0.05) is 29.4 Å². The van der Waals surface area contributed by atoms with Crippen molar-refractivity contribution in [1.82, 2.24) is 15.3 Å². The van der Waals surface area contributed by atoms with E-state index in [1.165, 1.54) is 22.6 Å². The van der Waals surface area contributed by atoms with Crippen LogP contribution in [0.15, 0.2) is 35.4 Å².